The van der Waals surface area contributed by atoms with E-state index in [-0.39, 0.29) is 11.5 Å². The molecule has 6 nitrogen and oxygen atoms in total. The van der Waals surface area contributed by atoms with Gasteiger partial charge in [-0.3, -0.25) is 14.0 Å². The molecule has 0 atom stereocenters. The van der Waals surface area contributed by atoms with E-state index in [2.05, 4.69) is 0 Å². The number of aryl methyl sites for hydroxylation is 1. The van der Waals surface area contributed by atoms with E-state index in [1.165, 1.54) is 0 Å². The number of carbonyl (C=O) groups excluding carboxylic acids is 1. The van der Waals surface area contributed by atoms with Gasteiger partial charge in [-0.25, -0.2) is 4.98 Å². The Labute approximate surface area is 174 Å². The molecular formula is C24H24N4O2. The van der Waals surface area contributed by atoms with Crippen LogP contribution < -0.4 is 5.56 Å². The Hall–Kier alpha value is -3.41. The Morgan fingerprint density at radius 3 is 2.57 bits per heavy atom. The van der Waals surface area contributed by atoms with Gasteiger partial charge < -0.3 is 9.47 Å². The lowest BCUT2D eigenvalue weighted by atomic mass is 10.1. The van der Waals surface area contributed by atoms with Gasteiger partial charge in [-0.1, -0.05) is 36.4 Å². The predicted octanol–water partition coefficient (Wildman–Crippen LogP) is 3.63. The van der Waals surface area contributed by atoms with Crippen molar-refractivity contribution in [2.45, 2.75) is 32.7 Å². The maximum absolute atomic E-state index is 13.4. The lowest BCUT2D eigenvalue weighted by Crippen LogP contribution is -2.36. The highest BCUT2D eigenvalue weighted by Crippen LogP contribution is 2.22. The highest BCUT2D eigenvalue weighted by molar-refractivity contribution is 5.98. The van der Waals surface area contributed by atoms with Crippen LogP contribution in [0.5, 0.6) is 0 Å². The molecule has 1 aliphatic heterocycles. The molecule has 0 bridgehead atoms. The molecule has 0 N–H and O–H groups in total. The van der Waals surface area contributed by atoms with Crippen LogP contribution >= 0.6 is 0 Å². The minimum atomic E-state index is -0.141. The maximum Gasteiger partial charge on any atom is 0.270 e. The van der Waals surface area contributed by atoms with Gasteiger partial charge in [-0.15, -0.1) is 0 Å². The Bertz CT molecular complexity index is 1300. The SMILES string of the molecule is Cc1ccc2nc3c(cc(C(=O)N4CCCCC4)n3Cc3ccccc3)c(=O)n2c1. The summed E-state index contributed by atoms with van der Waals surface area (Å²) in [5, 5.41) is 0.481. The van der Waals surface area contributed by atoms with Crippen molar-refractivity contribution < 1.29 is 4.79 Å². The molecule has 5 rings (SSSR count). The maximum atomic E-state index is 13.4. The van der Waals surface area contributed by atoms with Gasteiger partial charge in [-0.05, 0) is 49.4 Å². The molecule has 1 aromatic carbocycles. The van der Waals surface area contributed by atoms with E-state index in [9.17, 15) is 9.59 Å². The number of likely N-dealkylation sites (tertiary alicyclic amines) is 1. The molecule has 0 unspecified atom stereocenters. The van der Waals surface area contributed by atoms with Gasteiger partial charge in [0.05, 0.1) is 5.39 Å². The van der Waals surface area contributed by atoms with Crippen LogP contribution in [0.25, 0.3) is 16.7 Å². The zero-order valence-corrected chi connectivity index (χ0v) is 17.0. The summed E-state index contributed by atoms with van der Waals surface area (Å²) >= 11 is 0. The summed E-state index contributed by atoms with van der Waals surface area (Å²) in [6.45, 7) is 3.97. The van der Waals surface area contributed by atoms with Crippen LogP contribution in [-0.2, 0) is 6.54 Å². The molecule has 0 spiro atoms. The number of nitrogens with zero attached hydrogens (tertiary/aromatic N) is 4. The summed E-state index contributed by atoms with van der Waals surface area (Å²) in [4.78, 5) is 33.3. The van der Waals surface area contributed by atoms with Gasteiger partial charge in [-0.2, -0.15) is 0 Å². The Morgan fingerprint density at radius 1 is 1.03 bits per heavy atom. The van der Waals surface area contributed by atoms with Crippen molar-refractivity contribution >= 4 is 22.6 Å². The zero-order chi connectivity index (χ0) is 20.7. The second-order valence-corrected chi connectivity index (χ2v) is 8.04. The van der Waals surface area contributed by atoms with Gasteiger partial charge in [0.15, 0.2) is 0 Å². The molecule has 0 saturated carbocycles. The van der Waals surface area contributed by atoms with Crippen LogP contribution in [0, 0.1) is 6.92 Å². The largest absolute Gasteiger partial charge is 0.337 e. The van der Waals surface area contributed by atoms with Crippen molar-refractivity contribution in [1.82, 2.24) is 18.9 Å². The third-order valence-corrected chi connectivity index (χ3v) is 5.86. The molecule has 3 aromatic heterocycles. The molecule has 1 aliphatic rings. The minimum absolute atomic E-state index is 0.0201. The molecule has 152 valence electrons. The molecule has 4 heterocycles. The van der Waals surface area contributed by atoms with E-state index in [0.717, 1.165) is 43.5 Å². The van der Waals surface area contributed by atoms with Gasteiger partial charge in [0.1, 0.15) is 17.0 Å². The smallest absolute Gasteiger partial charge is 0.270 e. The monoisotopic (exact) mass is 400 g/mol. The number of fused-ring (bicyclic) bond motifs is 2. The highest BCUT2D eigenvalue weighted by Gasteiger charge is 2.25. The topological polar surface area (TPSA) is 59.6 Å². The first kappa shape index (κ1) is 18.6. The molecule has 1 amide bonds. The van der Waals surface area contributed by atoms with Gasteiger partial charge in [0.2, 0.25) is 0 Å². The predicted molar refractivity (Wildman–Crippen MR) is 117 cm³/mol. The number of amides is 1. The number of benzene rings is 1. The van der Waals surface area contributed by atoms with E-state index in [1.807, 2.05) is 58.9 Å². The van der Waals surface area contributed by atoms with Crippen molar-refractivity contribution in [3.8, 4) is 0 Å². The average molecular weight is 400 g/mol. The van der Waals surface area contributed by atoms with Crippen LogP contribution in [0.2, 0.25) is 0 Å². The number of pyridine rings is 1. The number of aromatic nitrogens is 3. The molecule has 30 heavy (non-hydrogen) atoms. The Balaban J connectivity index is 1.73. The third kappa shape index (κ3) is 3.18. The third-order valence-electron chi connectivity index (χ3n) is 5.86. The summed E-state index contributed by atoms with van der Waals surface area (Å²) in [5.74, 6) is -0.0201. The van der Waals surface area contributed by atoms with Crippen molar-refractivity contribution in [2.24, 2.45) is 0 Å². The van der Waals surface area contributed by atoms with E-state index in [4.69, 9.17) is 4.98 Å². The number of hydrogen-bond acceptors (Lipinski definition) is 3. The van der Waals surface area contributed by atoms with E-state index < -0.39 is 0 Å². The molecule has 1 fully saturated rings. The van der Waals surface area contributed by atoms with Crippen molar-refractivity contribution in [2.75, 3.05) is 13.1 Å². The first-order valence-electron chi connectivity index (χ1n) is 10.5. The fourth-order valence-electron chi connectivity index (χ4n) is 4.27. The first-order chi connectivity index (χ1) is 14.6. The lowest BCUT2D eigenvalue weighted by molar-refractivity contribution is 0.0714. The van der Waals surface area contributed by atoms with Gasteiger partial charge in [0, 0.05) is 25.8 Å². The average Bonchev–Trinajstić information content (AvgIpc) is 3.13. The van der Waals surface area contributed by atoms with Crippen molar-refractivity contribution in [1.29, 1.82) is 0 Å². The normalized spacial score (nSPS) is 14.5. The molecule has 1 saturated heterocycles. The van der Waals surface area contributed by atoms with Crippen LogP contribution in [0.15, 0.2) is 59.5 Å². The summed E-state index contributed by atoms with van der Waals surface area (Å²) in [6.07, 6.45) is 5.00. The number of piperidine rings is 1. The van der Waals surface area contributed by atoms with Crippen LogP contribution in [0.1, 0.15) is 40.9 Å². The molecular weight excluding hydrogens is 376 g/mol. The second kappa shape index (κ2) is 7.44. The lowest BCUT2D eigenvalue weighted by Gasteiger charge is -2.27. The molecule has 0 radical (unpaired) electrons. The summed E-state index contributed by atoms with van der Waals surface area (Å²) in [6, 6.07) is 15.5. The molecule has 6 heteroatoms. The quantitative estimate of drug-likeness (QED) is 0.528. The summed E-state index contributed by atoms with van der Waals surface area (Å²) in [5.41, 5.74) is 3.59. The number of carbonyl (C=O) groups is 1. The summed E-state index contributed by atoms with van der Waals surface area (Å²) in [7, 11) is 0. The fourth-order valence-corrected chi connectivity index (χ4v) is 4.27. The molecule has 4 aromatic rings. The van der Waals surface area contributed by atoms with E-state index in [0.29, 0.717) is 28.9 Å². The highest BCUT2D eigenvalue weighted by atomic mass is 16.2. The number of hydrogen-bond donors (Lipinski definition) is 0. The second-order valence-electron chi connectivity index (χ2n) is 8.04. The fraction of sp³-hybridized carbons (Fsp3) is 0.292. The Kier molecular flexibility index (Phi) is 4.62. The van der Waals surface area contributed by atoms with Crippen LogP contribution in [-0.4, -0.2) is 37.8 Å². The summed E-state index contributed by atoms with van der Waals surface area (Å²) < 4.78 is 3.47. The van der Waals surface area contributed by atoms with Crippen molar-refractivity contribution in [3.05, 3.63) is 81.9 Å². The number of rotatable bonds is 3. The molecule has 0 aliphatic carbocycles. The van der Waals surface area contributed by atoms with Crippen LogP contribution in [0.3, 0.4) is 0 Å². The standard InChI is InChI=1S/C24H24N4O2/c1-17-10-11-21-25-22-19(23(29)28(21)15-17)14-20(24(30)26-12-6-3-7-13-26)27(22)16-18-8-4-2-5-9-18/h2,4-5,8-11,14-15H,3,6-7,12-13,16H2,1H3. The van der Waals surface area contributed by atoms with Crippen LogP contribution in [0.4, 0.5) is 0 Å². The van der Waals surface area contributed by atoms with Crippen molar-refractivity contribution in [3.63, 3.8) is 0 Å². The first-order valence-corrected chi connectivity index (χ1v) is 10.5. The van der Waals surface area contributed by atoms with E-state index >= 15 is 0 Å². The minimum Gasteiger partial charge on any atom is -0.337 e. The Morgan fingerprint density at radius 2 is 1.80 bits per heavy atom. The zero-order valence-electron chi connectivity index (χ0n) is 17.0. The van der Waals surface area contributed by atoms with Gasteiger partial charge in [0.25, 0.3) is 11.5 Å². The van der Waals surface area contributed by atoms with Gasteiger partial charge >= 0.3 is 0 Å². The van der Waals surface area contributed by atoms with E-state index in [1.54, 1.807) is 16.7 Å².